The number of rotatable bonds is 3. The Balaban J connectivity index is 1.65. The second-order valence-electron chi connectivity index (χ2n) is 5.93. The van der Waals surface area contributed by atoms with Crippen LogP contribution in [0.1, 0.15) is 18.8 Å². The lowest BCUT2D eigenvalue weighted by Gasteiger charge is -2.06. The van der Waals surface area contributed by atoms with Gasteiger partial charge in [0.2, 0.25) is 0 Å². The lowest BCUT2D eigenvalue weighted by molar-refractivity contribution is 0.536. The largest absolute Gasteiger partial charge is 0.261 e. The zero-order chi connectivity index (χ0) is 17.7. The summed E-state index contributed by atoms with van der Waals surface area (Å²) >= 11 is 5.96. The summed E-state index contributed by atoms with van der Waals surface area (Å²) in [4.78, 5) is 9.20. The summed E-state index contributed by atoms with van der Waals surface area (Å²) in [5.74, 6) is 0.631. The third-order valence-electron chi connectivity index (χ3n) is 4.26. The maximum Gasteiger partial charge on any atom is 0.176 e. The van der Waals surface area contributed by atoms with Crippen LogP contribution in [0.2, 0.25) is 5.02 Å². The first-order valence-corrected chi connectivity index (χ1v) is 8.42. The molecule has 0 bridgehead atoms. The molecule has 4 aromatic heterocycles. The van der Waals surface area contributed by atoms with E-state index in [1.165, 1.54) is 0 Å². The topological polar surface area (TPSA) is 78.7 Å². The highest BCUT2D eigenvalue weighted by Crippen LogP contribution is 2.22. The smallest absolute Gasteiger partial charge is 0.176 e. The summed E-state index contributed by atoms with van der Waals surface area (Å²) in [6, 6.07) is 9.71. The first kappa shape index (κ1) is 15.0. The van der Waals surface area contributed by atoms with Crippen molar-refractivity contribution in [2.24, 2.45) is 0 Å². The van der Waals surface area contributed by atoms with Gasteiger partial charge in [0.1, 0.15) is 12.4 Å². The number of hydrogen-bond acceptors (Lipinski definition) is 5. The van der Waals surface area contributed by atoms with E-state index in [0.717, 1.165) is 16.7 Å². The number of nitrogens with zero attached hydrogens (tertiary/aromatic N) is 8. The zero-order valence-corrected chi connectivity index (χ0v) is 14.5. The van der Waals surface area contributed by atoms with Crippen LogP contribution in [0.4, 0.5) is 0 Å². The zero-order valence-electron chi connectivity index (χ0n) is 13.7. The Labute approximate surface area is 152 Å². The summed E-state index contributed by atoms with van der Waals surface area (Å²) in [6.07, 6.45) is 6.76. The molecule has 0 saturated heterocycles. The molecule has 0 aliphatic rings. The van der Waals surface area contributed by atoms with Crippen LogP contribution in [0, 0.1) is 0 Å². The third kappa shape index (κ3) is 2.26. The molecular weight excluding hydrogens is 352 g/mol. The highest BCUT2D eigenvalue weighted by Gasteiger charge is 2.18. The average molecular weight is 365 g/mol. The lowest BCUT2D eigenvalue weighted by atomic mass is 10.3. The van der Waals surface area contributed by atoms with Crippen molar-refractivity contribution in [3.8, 4) is 5.69 Å². The molecule has 5 rings (SSSR count). The van der Waals surface area contributed by atoms with Crippen molar-refractivity contribution in [2.45, 2.75) is 13.0 Å². The molecule has 4 heterocycles. The lowest BCUT2D eigenvalue weighted by Crippen LogP contribution is -2.09. The minimum Gasteiger partial charge on any atom is -0.261 e. The van der Waals surface area contributed by atoms with Crippen molar-refractivity contribution < 1.29 is 0 Å². The summed E-state index contributed by atoms with van der Waals surface area (Å²) in [5, 5.41) is 14.6. The molecule has 128 valence electrons. The van der Waals surface area contributed by atoms with Crippen molar-refractivity contribution in [3.05, 3.63) is 66.1 Å². The van der Waals surface area contributed by atoms with Crippen molar-refractivity contribution in [1.29, 1.82) is 0 Å². The van der Waals surface area contributed by atoms with Gasteiger partial charge in [0.05, 0.1) is 28.5 Å². The van der Waals surface area contributed by atoms with E-state index in [1.54, 1.807) is 38.8 Å². The van der Waals surface area contributed by atoms with Gasteiger partial charge in [0.25, 0.3) is 0 Å². The fourth-order valence-corrected chi connectivity index (χ4v) is 3.06. The molecule has 0 spiro atoms. The van der Waals surface area contributed by atoms with Crippen LogP contribution in [0.3, 0.4) is 0 Å². The van der Waals surface area contributed by atoms with Gasteiger partial charge < -0.3 is 0 Å². The van der Waals surface area contributed by atoms with Gasteiger partial charge in [0.15, 0.2) is 17.1 Å². The van der Waals surface area contributed by atoms with Crippen LogP contribution >= 0.6 is 11.6 Å². The van der Waals surface area contributed by atoms with E-state index in [9.17, 15) is 0 Å². The van der Waals surface area contributed by atoms with Gasteiger partial charge in [-0.2, -0.15) is 10.2 Å². The third-order valence-corrected chi connectivity index (χ3v) is 4.46. The van der Waals surface area contributed by atoms with Gasteiger partial charge in [0, 0.05) is 6.20 Å². The second-order valence-corrected chi connectivity index (χ2v) is 6.36. The number of para-hydroxylation sites is 1. The van der Waals surface area contributed by atoms with E-state index >= 15 is 0 Å². The Bertz CT molecular complexity index is 1220. The molecule has 0 aliphatic heterocycles. The molecular formula is C17H13ClN8. The van der Waals surface area contributed by atoms with Crippen LogP contribution in [0.15, 0.2) is 55.2 Å². The number of hydrogen-bond donors (Lipinski definition) is 0. The van der Waals surface area contributed by atoms with Crippen LogP contribution in [-0.4, -0.2) is 39.1 Å². The molecule has 1 aromatic carbocycles. The molecule has 0 amide bonds. The predicted molar refractivity (Wildman–Crippen MR) is 96.5 cm³/mol. The predicted octanol–water partition coefficient (Wildman–Crippen LogP) is 2.92. The van der Waals surface area contributed by atoms with Crippen molar-refractivity contribution in [1.82, 2.24) is 39.1 Å². The summed E-state index contributed by atoms with van der Waals surface area (Å²) in [5.41, 5.74) is 2.38. The van der Waals surface area contributed by atoms with Crippen molar-refractivity contribution in [3.63, 3.8) is 0 Å². The normalized spacial score (nSPS) is 12.8. The molecule has 0 fully saturated rings. The van der Waals surface area contributed by atoms with Gasteiger partial charge in [-0.05, 0) is 19.1 Å². The van der Waals surface area contributed by atoms with Gasteiger partial charge in [-0.15, -0.1) is 5.10 Å². The molecule has 9 heteroatoms. The van der Waals surface area contributed by atoms with E-state index in [4.69, 9.17) is 11.6 Å². The summed E-state index contributed by atoms with van der Waals surface area (Å²) < 4.78 is 5.19. The first-order valence-electron chi connectivity index (χ1n) is 8.05. The van der Waals surface area contributed by atoms with Crippen LogP contribution in [0.25, 0.3) is 22.4 Å². The SMILES string of the molecule is C[C@H](c1nc2c3cnn(-c4ccccc4)c3ncn2n1)n1cc(Cl)cn1. The minimum absolute atomic E-state index is 0.151. The number of fused-ring (bicyclic) bond motifs is 3. The Morgan fingerprint density at radius 3 is 2.65 bits per heavy atom. The Kier molecular flexibility index (Phi) is 3.26. The molecule has 26 heavy (non-hydrogen) atoms. The van der Waals surface area contributed by atoms with E-state index in [2.05, 4.69) is 25.3 Å². The average Bonchev–Trinajstić information content (AvgIpc) is 3.38. The van der Waals surface area contributed by atoms with Crippen LogP contribution in [0.5, 0.6) is 0 Å². The highest BCUT2D eigenvalue weighted by molar-refractivity contribution is 6.30. The number of halogens is 1. The van der Waals surface area contributed by atoms with Gasteiger partial charge in [-0.3, -0.25) is 4.68 Å². The molecule has 5 aromatic rings. The van der Waals surface area contributed by atoms with Gasteiger partial charge >= 0.3 is 0 Å². The maximum absolute atomic E-state index is 5.96. The Hall–Kier alpha value is -3.26. The monoisotopic (exact) mass is 364 g/mol. The standard InChI is InChI=1S/C17H13ClN8/c1-11(24-9-12(18)7-20-24)15-22-17-14-8-21-26(13-5-3-2-4-6-13)16(14)19-10-25(17)23-15/h2-11H,1H3/t11-/m1/s1. The molecule has 1 atom stereocenters. The van der Waals surface area contributed by atoms with Crippen molar-refractivity contribution >= 4 is 28.3 Å². The molecule has 0 saturated carbocycles. The quantitative estimate of drug-likeness (QED) is 0.492. The van der Waals surface area contributed by atoms with Crippen LogP contribution < -0.4 is 0 Å². The molecule has 8 nitrogen and oxygen atoms in total. The van der Waals surface area contributed by atoms with Gasteiger partial charge in [-0.25, -0.2) is 19.2 Å². The van der Waals surface area contributed by atoms with E-state index in [-0.39, 0.29) is 6.04 Å². The Morgan fingerprint density at radius 2 is 1.88 bits per heavy atom. The first-order chi connectivity index (χ1) is 12.7. The second kappa shape index (κ2) is 5.63. The minimum atomic E-state index is -0.151. The van der Waals surface area contributed by atoms with E-state index in [1.807, 2.05) is 37.3 Å². The fourth-order valence-electron chi connectivity index (χ4n) is 2.92. The summed E-state index contributed by atoms with van der Waals surface area (Å²) in [6.45, 7) is 1.97. The molecule has 0 unspecified atom stereocenters. The Morgan fingerprint density at radius 1 is 1.04 bits per heavy atom. The number of benzene rings is 1. The maximum atomic E-state index is 5.96. The van der Waals surface area contributed by atoms with Crippen molar-refractivity contribution in [2.75, 3.05) is 0 Å². The number of aromatic nitrogens is 8. The summed E-state index contributed by atoms with van der Waals surface area (Å²) in [7, 11) is 0. The molecule has 0 aliphatic carbocycles. The van der Waals surface area contributed by atoms with Crippen LogP contribution in [-0.2, 0) is 0 Å². The van der Waals surface area contributed by atoms with E-state index in [0.29, 0.717) is 16.5 Å². The fraction of sp³-hybridized carbons (Fsp3) is 0.118. The molecule has 0 radical (unpaired) electrons. The van der Waals surface area contributed by atoms with E-state index < -0.39 is 0 Å². The van der Waals surface area contributed by atoms with Gasteiger partial charge in [-0.1, -0.05) is 29.8 Å². The molecule has 0 N–H and O–H groups in total. The highest BCUT2D eigenvalue weighted by atomic mass is 35.5.